The van der Waals surface area contributed by atoms with Crippen LogP contribution in [0.2, 0.25) is 0 Å². The zero-order valence-electron chi connectivity index (χ0n) is 16.0. The Morgan fingerprint density at radius 1 is 0.862 bits per heavy atom. The summed E-state index contributed by atoms with van der Waals surface area (Å²) >= 11 is 0. The van der Waals surface area contributed by atoms with E-state index in [0.29, 0.717) is 13.1 Å². The summed E-state index contributed by atoms with van der Waals surface area (Å²) in [4.78, 5) is 30.7. The normalized spacial score (nSPS) is 14.9. The Balaban J connectivity index is 1.52. The van der Waals surface area contributed by atoms with Gasteiger partial charge in [0.15, 0.2) is 5.88 Å². The van der Waals surface area contributed by atoms with Gasteiger partial charge in [0.25, 0.3) is 11.5 Å². The Kier molecular flexibility index (Phi) is 5.44. The number of hydrogen-bond acceptors (Lipinski definition) is 4. The Morgan fingerprint density at radius 2 is 1.41 bits per heavy atom. The van der Waals surface area contributed by atoms with E-state index in [4.69, 9.17) is 0 Å². The number of carbonyl (C=O) groups is 1. The van der Waals surface area contributed by atoms with E-state index < -0.39 is 5.56 Å². The summed E-state index contributed by atoms with van der Waals surface area (Å²) in [6.07, 6.45) is 0. The first-order chi connectivity index (χ1) is 14.1. The Morgan fingerprint density at radius 3 is 1.93 bits per heavy atom. The molecule has 4 rings (SSSR count). The van der Waals surface area contributed by atoms with Crippen molar-refractivity contribution in [2.45, 2.75) is 6.04 Å². The van der Waals surface area contributed by atoms with Crippen LogP contribution in [0.3, 0.4) is 0 Å². The molecule has 0 aliphatic carbocycles. The third kappa shape index (κ3) is 4.22. The summed E-state index contributed by atoms with van der Waals surface area (Å²) in [5.41, 5.74) is 2.17. The van der Waals surface area contributed by atoms with Crippen molar-refractivity contribution in [2.24, 2.45) is 0 Å². The standard InChI is InChI=1S/C23H23N3O3/c27-20-15-19(16-21(28)24-20)23(29)26-13-11-25(12-14-26)22(17-7-3-1-4-8-17)18-9-5-2-6-10-18/h1-10,15-16,22H,11-14H2,(H2,24,27,28). The van der Waals surface area contributed by atoms with Gasteiger partial charge < -0.3 is 10.0 Å². The fraction of sp³-hybridized carbons (Fsp3) is 0.217. The maximum Gasteiger partial charge on any atom is 0.254 e. The minimum atomic E-state index is -0.486. The first kappa shape index (κ1) is 19.0. The predicted molar refractivity (Wildman–Crippen MR) is 111 cm³/mol. The van der Waals surface area contributed by atoms with Gasteiger partial charge in [-0.2, -0.15) is 0 Å². The van der Waals surface area contributed by atoms with Gasteiger partial charge in [0.05, 0.1) is 11.6 Å². The highest BCUT2D eigenvalue weighted by molar-refractivity contribution is 5.94. The Labute approximate surface area is 169 Å². The number of rotatable bonds is 4. The number of H-pyrrole nitrogens is 1. The first-order valence-electron chi connectivity index (χ1n) is 9.68. The van der Waals surface area contributed by atoms with E-state index in [1.54, 1.807) is 4.90 Å². The van der Waals surface area contributed by atoms with Crippen LogP contribution in [0, 0.1) is 0 Å². The van der Waals surface area contributed by atoms with Gasteiger partial charge in [-0.15, -0.1) is 0 Å². The molecule has 0 radical (unpaired) electrons. The fourth-order valence-electron chi connectivity index (χ4n) is 3.90. The van der Waals surface area contributed by atoms with E-state index in [2.05, 4.69) is 34.1 Å². The molecule has 1 saturated heterocycles. The summed E-state index contributed by atoms with van der Waals surface area (Å²) < 4.78 is 0. The third-order valence-electron chi connectivity index (χ3n) is 5.27. The maximum atomic E-state index is 12.8. The van der Waals surface area contributed by atoms with Crippen LogP contribution in [0.4, 0.5) is 0 Å². The zero-order valence-corrected chi connectivity index (χ0v) is 16.0. The molecule has 0 unspecified atom stereocenters. The second-order valence-corrected chi connectivity index (χ2v) is 7.17. The van der Waals surface area contributed by atoms with Crippen LogP contribution in [-0.4, -0.2) is 52.0 Å². The average molecular weight is 389 g/mol. The SMILES string of the molecule is O=C(c1cc(O)[nH]c(=O)c1)N1CCN(C(c2ccccc2)c2ccccc2)CC1. The number of benzene rings is 2. The van der Waals surface area contributed by atoms with Crippen LogP contribution in [0.25, 0.3) is 0 Å². The third-order valence-corrected chi connectivity index (χ3v) is 5.27. The van der Waals surface area contributed by atoms with E-state index in [1.807, 2.05) is 36.4 Å². The summed E-state index contributed by atoms with van der Waals surface area (Å²) in [7, 11) is 0. The Hall–Kier alpha value is -3.38. The smallest absolute Gasteiger partial charge is 0.254 e. The summed E-state index contributed by atoms with van der Waals surface area (Å²) in [5.74, 6) is -0.533. The highest BCUT2D eigenvalue weighted by Crippen LogP contribution is 2.29. The number of carbonyl (C=O) groups excluding carboxylic acids is 1. The molecule has 1 fully saturated rings. The molecule has 0 atom stereocenters. The van der Waals surface area contributed by atoms with E-state index in [1.165, 1.54) is 23.3 Å². The van der Waals surface area contributed by atoms with Gasteiger partial charge in [-0.3, -0.25) is 19.5 Å². The molecular formula is C23H23N3O3. The van der Waals surface area contributed by atoms with Crippen LogP contribution in [0.5, 0.6) is 5.88 Å². The number of pyridine rings is 1. The van der Waals surface area contributed by atoms with Crippen LogP contribution in [-0.2, 0) is 0 Å². The van der Waals surface area contributed by atoms with E-state index in [-0.39, 0.29) is 23.4 Å². The van der Waals surface area contributed by atoms with Gasteiger partial charge in [0.1, 0.15) is 0 Å². The topological polar surface area (TPSA) is 76.6 Å². The average Bonchev–Trinajstić information content (AvgIpc) is 2.75. The van der Waals surface area contributed by atoms with Crippen molar-refractivity contribution >= 4 is 5.91 Å². The summed E-state index contributed by atoms with van der Waals surface area (Å²) in [6, 6.07) is 23.4. The highest BCUT2D eigenvalue weighted by atomic mass is 16.3. The number of hydrogen-bond donors (Lipinski definition) is 2. The van der Waals surface area contributed by atoms with Crippen molar-refractivity contribution in [3.63, 3.8) is 0 Å². The first-order valence-corrected chi connectivity index (χ1v) is 9.68. The van der Waals surface area contributed by atoms with Crippen LogP contribution < -0.4 is 5.56 Å². The number of amides is 1. The molecule has 1 aromatic heterocycles. The molecule has 6 heteroatoms. The quantitative estimate of drug-likeness (QED) is 0.719. The van der Waals surface area contributed by atoms with Crippen LogP contribution in [0.15, 0.2) is 77.6 Å². The molecule has 6 nitrogen and oxygen atoms in total. The van der Waals surface area contributed by atoms with Crippen LogP contribution >= 0.6 is 0 Å². The fourth-order valence-corrected chi connectivity index (χ4v) is 3.90. The van der Waals surface area contributed by atoms with E-state index in [9.17, 15) is 14.7 Å². The number of aromatic amines is 1. The lowest BCUT2D eigenvalue weighted by Gasteiger charge is -2.39. The molecule has 2 aromatic carbocycles. The van der Waals surface area contributed by atoms with Crippen molar-refractivity contribution < 1.29 is 9.90 Å². The lowest BCUT2D eigenvalue weighted by molar-refractivity contribution is 0.0596. The molecular weight excluding hydrogens is 366 g/mol. The zero-order chi connectivity index (χ0) is 20.2. The molecule has 29 heavy (non-hydrogen) atoms. The van der Waals surface area contributed by atoms with E-state index in [0.717, 1.165) is 13.1 Å². The molecule has 2 N–H and O–H groups in total. The summed E-state index contributed by atoms with van der Waals surface area (Å²) in [6.45, 7) is 2.55. The van der Waals surface area contributed by atoms with Crippen LogP contribution in [0.1, 0.15) is 27.5 Å². The minimum absolute atomic E-state index is 0.123. The molecule has 0 spiro atoms. The predicted octanol–water partition coefficient (Wildman–Crippen LogP) is 2.63. The van der Waals surface area contributed by atoms with Gasteiger partial charge in [0.2, 0.25) is 0 Å². The second-order valence-electron chi connectivity index (χ2n) is 7.17. The van der Waals surface area contributed by atoms with Crippen molar-refractivity contribution in [3.05, 3.63) is 99.8 Å². The van der Waals surface area contributed by atoms with Crippen molar-refractivity contribution in [1.29, 1.82) is 0 Å². The van der Waals surface area contributed by atoms with Gasteiger partial charge >= 0.3 is 0 Å². The lowest BCUT2D eigenvalue weighted by Crippen LogP contribution is -2.50. The number of aromatic nitrogens is 1. The molecule has 0 saturated carbocycles. The molecule has 1 aliphatic heterocycles. The van der Waals surface area contributed by atoms with Gasteiger partial charge in [0, 0.05) is 38.3 Å². The molecule has 0 bridgehead atoms. The largest absolute Gasteiger partial charge is 0.494 e. The molecule has 148 valence electrons. The number of nitrogens with one attached hydrogen (secondary N) is 1. The van der Waals surface area contributed by atoms with Gasteiger partial charge in [-0.1, -0.05) is 60.7 Å². The van der Waals surface area contributed by atoms with Crippen molar-refractivity contribution in [1.82, 2.24) is 14.8 Å². The van der Waals surface area contributed by atoms with Crippen molar-refractivity contribution in [2.75, 3.05) is 26.2 Å². The minimum Gasteiger partial charge on any atom is -0.494 e. The molecule has 1 amide bonds. The van der Waals surface area contributed by atoms with Crippen molar-refractivity contribution in [3.8, 4) is 5.88 Å². The lowest BCUT2D eigenvalue weighted by atomic mass is 9.96. The number of aromatic hydroxyl groups is 1. The van der Waals surface area contributed by atoms with Gasteiger partial charge in [-0.25, -0.2) is 0 Å². The number of piperazine rings is 1. The highest BCUT2D eigenvalue weighted by Gasteiger charge is 2.28. The second kappa shape index (κ2) is 8.32. The maximum absolute atomic E-state index is 12.8. The Bertz CT molecular complexity index is 986. The van der Waals surface area contributed by atoms with E-state index >= 15 is 0 Å². The number of nitrogens with zero attached hydrogens (tertiary/aromatic N) is 2. The summed E-state index contributed by atoms with van der Waals surface area (Å²) in [5, 5.41) is 9.57. The van der Waals surface area contributed by atoms with Gasteiger partial charge in [-0.05, 0) is 11.1 Å². The monoisotopic (exact) mass is 389 g/mol. The molecule has 1 aliphatic rings. The molecule has 3 aromatic rings. The molecule has 2 heterocycles.